The van der Waals surface area contributed by atoms with Crippen LogP contribution in [0.1, 0.15) is 26.3 Å². The number of pyridine rings is 1. The maximum absolute atomic E-state index is 13.2. The second kappa shape index (κ2) is 9.93. The maximum Gasteiger partial charge on any atom is 0.339 e. The molecule has 1 aromatic heterocycles. The van der Waals surface area contributed by atoms with Crippen LogP contribution >= 0.6 is 11.6 Å². The molecule has 0 radical (unpaired) electrons. The summed E-state index contributed by atoms with van der Waals surface area (Å²) in [5.74, 6) is -0.105. The van der Waals surface area contributed by atoms with E-state index in [-0.39, 0.29) is 5.78 Å². The Morgan fingerprint density at radius 2 is 1.74 bits per heavy atom. The summed E-state index contributed by atoms with van der Waals surface area (Å²) in [6, 6.07) is 19.4. The summed E-state index contributed by atoms with van der Waals surface area (Å²) < 4.78 is 15.9. The summed E-state index contributed by atoms with van der Waals surface area (Å²) in [6.07, 6.45) is 0. The maximum atomic E-state index is 13.2. The van der Waals surface area contributed by atoms with Crippen LogP contribution in [0.4, 0.5) is 0 Å². The number of hydrogen-bond acceptors (Lipinski definition) is 6. The number of benzene rings is 3. The van der Waals surface area contributed by atoms with Crippen molar-refractivity contribution in [3.8, 4) is 22.8 Å². The van der Waals surface area contributed by atoms with Crippen LogP contribution in [0, 0.1) is 6.92 Å². The lowest BCUT2D eigenvalue weighted by Gasteiger charge is -2.15. The highest BCUT2D eigenvalue weighted by atomic mass is 35.5. The highest BCUT2D eigenvalue weighted by Gasteiger charge is 2.22. The quantitative estimate of drug-likeness (QED) is 0.244. The van der Waals surface area contributed by atoms with Gasteiger partial charge in [0.1, 0.15) is 11.5 Å². The van der Waals surface area contributed by atoms with Crippen molar-refractivity contribution < 1.29 is 23.8 Å². The molecule has 0 fully saturated rings. The van der Waals surface area contributed by atoms with Gasteiger partial charge < -0.3 is 14.2 Å². The molecule has 1 heterocycles. The van der Waals surface area contributed by atoms with Gasteiger partial charge in [-0.15, -0.1) is 0 Å². The number of hydrogen-bond donors (Lipinski definition) is 0. The summed E-state index contributed by atoms with van der Waals surface area (Å²) in [4.78, 5) is 30.8. The average Bonchev–Trinajstić information content (AvgIpc) is 2.86. The molecule has 0 aliphatic rings. The van der Waals surface area contributed by atoms with Crippen molar-refractivity contribution in [2.24, 2.45) is 0 Å². The van der Waals surface area contributed by atoms with E-state index in [1.54, 1.807) is 37.3 Å². The van der Waals surface area contributed by atoms with Crippen LogP contribution in [-0.2, 0) is 4.74 Å². The lowest BCUT2D eigenvalue weighted by atomic mass is 9.98. The van der Waals surface area contributed by atoms with Crippen LogP contribution in [0.15, 0.2) is 66.7 Å². The number of halogens is 1. The van der Waals surface area contributed by atoms with Crippen LogP contribution < -0.4 is 9.47 Å². The highest BCUT2D eigenvalue weighted by Crippen LogP contribution is 2.31. The number of para-hydroxylation sites is 1. The fourth-order valence-electron chi connectivity index (χ4n) is 3.80. The summed E-state index contributed by atoms with van der Waals surface area (Å²) >= 11 is 6.18. The first-order chi connectivity index (χ1) is 16.4. The SMILES string of the molecule is COc1ccc(C(=O)COC(=O)c2c(C)c(-c3cccc(Cl)c3)nc3ccccc23)c(OC)c1. The lowest BCUT2D eigenvalue weighted by molar-refractivity contribution is 0.0475. The predicted octanol–water partition coefficient (Wildman–Crippen LogP) is 5.92. The predicted molar refractivity (Wildman–Crippen MR) is 131 cm³/mol. The van der Waals surface area contributed by atoms with Crippen LogP contribution in [0.3, 0.4) is 0 Å². The first kappa shape index (κ1) is 23.3. The Bertz CT molecular complexity index is 1400. The third-order valence-corrected chi connectivity index (χ3v) is 5.72. The van der Waals surface area contributed by atoms with Crippen LogP contribution in [-0.4, -0.2) is 37.6 Å². The fraction of sp³-hybridized carbons (Fsp3) is 0.148. The number of aromatic nitrogens is 1. The van der Waals surface area contributed by atoms with Crippen LogP contribution in [0.25, 0.3) is 22.2 Å². The molecule has 0 saturated carbocycles. The number of ether oxygens (including phenoxy) is 3. The van der Waals surface area contributed by atoms with Gasteiger partial charge in [-0.1, -0.05) is 41.9 Å². The van der Waals surface area contributed by atoms with Gasteiger partial charge in [0.05, 0.1) is 36.6 Å². The smallest absolute Gasteiger partial charge is 0.339 e. The molecule has 3 aromatic carbocycles. The molecule has 0 aliphatic carbocycles. The minimum absolute atomic E-state index is 0.298. The molecule has 4 rings (SSSR count). The van der Waals surface area contributed by atoms with E-state index < -0.39 is 12.6 Å². The van der Waals surface area contributed by atoms with Gasteiger partial charge in [-0.05, 0) is 42.8 Å². The van der Waals surface area contributed by atoms with E-state index in [0.717, 1.165) is 5.56 Å². The number of ketones is 1. The zero-order valence-corrected chi connectivity index (χ0v) is 19.7. The zero-order valence-electron chi connectivity index (χ0n) is 18.9. The standard InChI is InChI=1S/C27H22ClNO5/c1-16-25(27(31)34-15-23(30)21-12-11-19(32-2)14-24(21)33-3)20-9-4-5-10-22(20)29-26(16)17-7-6-8-18(28)13-17/h4-14H,15H2,1-3H3. The molecule has 0 atom stereocenters. The first-order valence-electron chi connectivity index (χ1n) is 10.5. The second-order valence-electron chi connectivity index (χ2n) is 7.55. The lowest BCUT2D eigenvalue weighted by Crippen LogP contribution is -2.16. The number of carbonyl (C=O) groups is 2. The molecule has 0 bridgehead atoms. The van der Waals surface area contributed by atoms with Gasteiger partial charge in [0.2, 0.25) is 5.78 Å². The Hall–Kier alpha value is -3.90. The Labute approximate surface area is 202 Å². The number of nitrogens with zero attached hydrogens (tertiary/aromatic N) is 1. The van der Waals surface area contributed by atoms with Gasteiger partial charge in [0.25, 0.3) is 0 Å². The Kier molecular flexibility index (Phi) is 6.80. The molecule has 34 heavy (non-hydrogen) atoms. The van der Waals surface area contributed by atoms with Gasteiger partial charge in [-0.3, -0.25) is 4.79 Å². The molecule has 0 spiro atoms. The number of Topliss-reactive ketones (excluding diaryl/α,β-unsaturated/α-hetero) is 1. The summed E-state index contributed by atoms with van der Waals surface area (Å²) in [7, 11) is 2.98. The number of esters is 1. The van der Waals surface area contributed by atoms with Crippen molar-refractivity contribution in [2.75, 3.05) is 20.8 Å². The third-order valence-electron chi connectivity index (χ3n) is 5.48. The molecule has 0 unspecified atom stereocenters. The Morgan fingerprint density at radius 1 is 0.941 bits per heavy atom. The minimum Gasteiger partial charge on any atom is -0.497 e. The summed E-state index contributed by atoms with van der Waals surface area (Å²) in [5.41, 5.74) is 3.33. The van der Waals surface area contributed by atoms with Gasteiger partial charge >= 0.3 is 5.97 Å². The van der Waals surface area contributed by atoms with Crippen molar-refractivity contribution in [3.05, 3.63) is 88.4 Å². The molecule has 4 aromatic rings. The van der Waals surface area contributed by atoms with Crippen molar-refractivity contribution >= 4 is 34.3 Å². The Morgan fingerprint density at radius 3 is 2.47 bits per heavy atom. The van der Waals surface area contributed by atoms with Crippen LogP contribution in [0.2, 0.25) is 5.02 Å². The van der Waals surface area contributed by atoms with Crippen LogP contribution in [0.5, 0.6) is 11.5 Å². The molecule has 6 nitrogen and oxygen atoms in total. The van der Waals surface area contributed by atoms with Gasteiger partial charge in [-0.25, -0.2) is 9.78 Å². The fourth-order valence-corrected chi connectivity index (χ4v) is 3.99. The first-order valence-corrected chi connectivity index (χ1v) is 10.9. The van der Waals surface area contributed by atoms with E-state index in [2.05, 4.69) is 0 Å². The van der Waals surface area contributed by atoms with E-state index in [0.29, 0.717) is 49.8 Å². The molecule has 7 heteroatoms. The Balaban J connectivity index is 1.68. The van der Waals surface area contributed by atoms with E-state index in [9.17, 15) is 9.59 Å². The summed E-state index contributed by atoms with van der Waals surface area (Å²) in [5, 5.41) is 1.21. The molecular formula is C27H22ClNO5. The van der Waals surface area contributed by atoms with Gasteiger partial charge in [0.15, 0.2) is 6.61 Å². The second-order valence-corrected chi connectivity index (χ2v) is 7.99. The van der Waals surface area contributed by atoms with E-state index in [4.69, 9.17) is 30.8 Å². The largest absolute Gasteiger partial charge is 0.497 e. The molecule has 0 amide bonds. The van der Waals surface area contributed by atoms with Crippen molar-refractivity contribution in [1.82, 2.24) is 4.98 Å². The number of carbonyl (C=O) groups excluding carboxylic acids is 2. The highest BCUT2D eigenvalue weighted by molar-refractivity contribution is 6.30. The summed E-state index contributed by atoms with van der Waals surface area (Å²) in [6.45, 7) is 1.37. The van der Waals surface area contributed by atoms with E-state index >= 15 is 0 Å². The molecule has 0 aliphatic heterocycles. The van der Waals surface area contributed by atoms with E-state index in [1.165, 1.54) is 14.2 Å². The van der Waals surface area contributed by atoms with Crippen molar-refractivity contribution in [2.45, 2.75) is 6.92 Å². The molecule has 172 valence electrons. The number of rotatable bonds is 7. The van der Waals surface area contributed by atoms with Crippen molar-refractivity contribution in [1.29, 1.82) is 0 Å². The average molecular weight is 476 g/mol. The molecular weight excluding hydrogens is 454 g/mol. The minimum atomic E-state index is -0.611. The topological polar surface area (TPSA) is 74.7 Å². The molecule has 0 saturated heterocycles. The third kappa shape index (κ3) is 4.58. The van der Waals surface area contributed by atoms with Gasteiger partial charge in [-0.2, -0.15) is 0 Å². The number of fused-ring (bicyclic) bond motifs is 1. The molecule has 0 N–H and O–H groups in total. The van der Waals surface area contributed by atoms with E-state index in [1.807, 2.05) is 36.4 Å². The number of methoxy groups -OCH3 is 2. The zero-order chi connectivity index (χ0) is 24.2. The van der Waals surface area contributed by atoms with Crippen molar-refractivity contribution in [3.63, 3.8) is 0 Å². The van der Waals surface area contributed by atoms with Gasteiger partial charge in [0, 0.05) is 22.0 Å². The normalized spacial score (nSPS) is 10.7. The monoisotopic (exact) mass is 475 g/mol.